The van der Waals surface area contributed by atoms with E-state index in [4.69, 9.17) is 6.11 Å². The van der Waals surface area contributed by atoms with Gasteiger partial charge in [-0.25, -0.2) is 0 Å². The van der Waals surface area contributed by atoms with E-state index in [2.05, 4.69) is 6.92 Å². The van der Waals surface area contributed by atoms with Crippen LogP contribution in [0.4, 0.5) is 0 Å². The zero-order chi connectivity index (χ0) is 11.8. The number of rotatable bonds is 6. The Morgan fingerprint density at radius 1 is 1.40 bits per heavy atom. The van der Waals surface area contributed by atoms with E-state index in [0.29, 0.717) is 12.5 Å². The minimum absolute atomic E-state index is 0.149. The summed E-state index contributed by atoms with van der Waals surface area (Å²) in [7, 11) is 0. The van der Waals surface area contributed by atoms with Crippen molar-refractivity contribution in [3.63, 3.8) is 0 Å². The lowest BCUT2D eigenvalue weighted by Crippen LogP contribution is -2.04. The number of ether oxygens (including phenoxy) is 1. The van der Waals surface area contributed by atoms with Gasteiger partial charge in [0.25, 0.3) is 0 Å². The van der Waals surface area contributed by atoms with Gasteiger partial charge in [0.2, 0.25) is 0 Å². The third-order valence-corrected chi connectivity index (χ3v) is 2.16. The van der Waals surface area contributed by atoms with Gasteiger partial charge in [0.05, 0.1) is 1.37 Å². The first-order valence-electron chi connectivity index (χ1n) is 5.93. The molecule has 2 nitrogen and oxygen atoms in total. The van der Waals surface area contributed by atoms with Gasteiger partial charge in [-0.1, -0.05) is 50.1 Å². The van der Waals surface area contributed by atoms with E-state index in [1.165, 1.54) is 0 Å². The lowest BCUT2D eigenvalue weighted by Gasteiger charge is -2.04. The SMILES string of the molecule is [2H]c1cccc(COC(=O)CCCCC)c1. The number of esters is 1. The third kappa shape index (κ3) is 5.21. The highest BCUT2D eigenvalue weighted by Gasteiger charge is 2.02. The summed E-state index contributed by atoms with van der Waals surface area (Å²) in [6, 6.07) is 7.51. The lowest BCUT2D eigenvalue weighted by atomic mass is 10.2. The molecule has 0 aliphatic carbocycles. The maximum atomic E-state index is 11.3. The van der Waals surface area contributed by atoms with Crippen LogP contribution in [-0.2, 0) is 16.1 Å². The Morgan fingerprint density at radius 2 is 2.27 bits per heavy atom. The largest absolute Gasteiger partial charge is 0.461 e. The summed E-state index contributed by atoms with van der Waals surface area (Å²) in [4.78, 5) is 11.3. The maximum Gasteiger partial charge on any atom is 0.306 e. The minimum atomic E-state index is -0.149. The first kappa shape index (κ1) is 10.2. The molecule has 0 bridgehead atoms. The van der Waals surface area contributed by atoms with Crippen molar-refractivity contribution in [1.82, 2.24) is 0 Å². The van der Waals surface area contributed by atoms with E-state index in [0.717, 1.165) is 24.8 Å². The smallest absolute Gasteiger partial charge is 0.306 e. The van der Waals surface area contributed by atoms with Crippen LogP contribution in [0.1, 0.15) is 39.5 Å². The topological polar surface area (TPSA) is 26.3 Å². The molecule has 0 aliphatic rings. The Labute approximate surface area is 92.7 Å². The van der Waals surface area contributed by atoms with E-state index in [1.807, 2.05) is 6.07 Å². The highest BCUT2D eigenvalue weighted by molar-refractivity contribution is 5.69. The van der Waals surface area contributed by atoms with Crippen LogP contribution in [0.2, 0.25) is 0 Å². The molecule has 0 radical (unpaired) electrons. The molecule has 1 rings (SSSR count). The van der Waals surface area contributed by atoms with Crippen LogP contribution in [0.5, 0.6) is 0 Å². The Bertz CT molecular complexity index is 336. The molecule has 0 atom stereocenters. The van der Waals surface area contributed by atoms with Crippen molar-refractivity contribution in [3.05, 3.63) is 35.9 Å². The molecule has 1 aromatic carbocycles. The predicted molar refractivity (Wildman–Crippen MR) is 60.4 cm³/mol. The fraction of sp³-hybridized carbons (Fsp3) is 0.462. The molecule has 0 saturated heterocycles. The van der Waals surface area contributed by atoms with Gasteiger partial charge in [-0.15, -0.1) is 0 Å². The molecule has 15 heavy (non-hydrogen) atoms. The van der Waals surface area contributed by atoms with Crippen LogP contribution in [0.15, 0.2) is 30.3 Å². The summed E-state index contributed by atoms with van der Waals surface area (Å²) in [5, 5.41) is 0. The van der Waals surface area contributed by atoms with Gasteiger partial charge >= 0.3 is 5.97 Å². The molecule has 82 valence electrons. The van der Waals surface area contributed by atoms with E-state index in [-0.39, 0.29) is 12.6 Å². The third-order valence-electron chi connectivity index (χ3n) is 2.16. The van der Waals surface area contributed by atoms with Crippen LogP contribution >= 0.6 is 0 Å². The molecule has 0 heterocycles. The Balaban J connectivity index is 2.26. The molecule has 0 aliphatic heterocycles. The van der Waals surface area contributed by atoms with Crippen molar-refractivity contribution in [2.75, 3.05) is 0 Å². The fourth-order valence-corrected chi connectivity index (χ4v) is 1.28. The molecule has 0 spiro atoms. The molecule has 2 heteroatoms. The normalized spacial score (nSPS) is 10.9. The number of benzene rings is 1. The highest BCUT2D eigenvalue weighted by Crippen LogP contribution is 2.04. The number of carbonyl (C=O) groups excluding carboxylic acids is 1. The molecule has 0 aromatic heterocycles. The van der Waals surface area contributed by atoms with Gasteiger partial charge in [0.15, 0.2) is 0 Å². The van der Waals surface area contributed by atoms with Crippen LogP contribution < -0.4 is 0 Å². The quantitative estimate of drug-likeness (QED) is 0.528. The van der Waals surface area contributed by atoms with Gasteiger partial charge in [-0.05, 0) is 12.0 Å². The van der Waals surface area contributed by atoms with Crippen LogP contribution in [-0.4, -0.2) is 5.97 Å². The maximum absolute atomic E-state index is 11.3. The van der Waals surface area contributed by atoms with E-state index in [1.54, 1.807) is 18.2 Å². The monoisotopic (exact) mass is 207 g/mol. The van der Waals surface area contributed by atoms with E-state index >= 15 is 0 Å². The van der Waals surface area contributed by atoms with Crippen molar-refractivity contribution in [2.45, 2.75) is 39.2 Å². The Kier molecular flexibility index (Phi) is 4.80. The second-order valence-electron chi connectivity index (χ2n) is 3.53. The minimum Gasteiger partial charge on any atom is -0.461 e. The first-order valence-corrected chi connectivity index (χ1v) is 5.43. The highest BCUT2D eigenvalue weighted by atomic mass is 16.5. The van der Waals surface area contributed by atoms with Crippen molar-refractivity contribution in [1.29, 1.82) is 0 Å². The summed E-state index contributed by atoms with van der Waals surface area (Å²) in [5.41, 5.74) is 0.872. The summed E-state index contributed by atoms with van der Waals surface area (Å²) in [6.45, 7) is 2.38. The molecule has 0 saturated carbocycles. The van der Waals surface area contributed by atoms with Crippen molar-refractivity contribution in [3.8, 4) is 0 Å². The Hall–Kier alpha value is -1.31. The second-order valence-corrected chi connectivity index (χ2v) is 3.53. The molecule has 1 aromatic rings. The number of unbranched alkanes of at least 4 members (excludes halogenated alkanes) is 2. The molecule has 0 N–H and O–H groups in total. The summed E-state index contributed by atoms with van der Waals surface area (Å²) < 4.78 is 12.5. The predicted octanol–water partition coefficient (Wildman–Crippen LogP) is 3.31. The van der Waals surface area contributed by atoms with Crippen molar-refractivity contribution in [2.24, 2.45) is 0 Å². The zero-order valence-corrected chi connectivity index (χ0v) is 9.16. The van der Waals surface area contributed by atoms with Gasteiger partial charge in [0, 0.05) is 6.42 Å². The molecule has 0 amide bonds. The molecular formula is C13H18O2. The average molecular weight is 207 g/mol. The van der Waals surface area contributed by atoms with Crippen molar-refractivity contribution < 1.29 is 10.9 Å². The van der Waals surface area contributed by atoms with Crippen molar-refractivity contribution >= 4 is 5.97 Å². The van der Waals surface area contributed by atoms with Gasteiger partial charge in [-0.2, -0.15) is 0 Å². The summed E-state index contributed by atoms with van der Waals surface area (Å²) in [5.74, 6) is -0.149. The fourth-order valence-electron chi connectivity index (χ4n) is 1.28. The van der Waals surface area contributed by atoms with E-state index in [9.17, 15) is 4.79 Å². The summed E-state index contributed by atoms with van der Waals surface area (Å²) >= 11 is 0. The number of carbonyl (C=O) groups is 1. The number of hydrogen-bond donors (Lipinski definition) is 0. The van der Waals surface area contributed by atoms with Gasteiger partial charge in [0.1, 0.15) is 6.61 Å². The van der Waals surface area contributed by atoms with Gasteiger partial charge in [-0.3, -0.25) is 4.79 Å². The number of hydrogen-bond acceptors (Lipinski definition) is 2. The second kappa shape index (κ2) is 7.04. The standard InChI is InChI=1S/C13H18O2/c1-2-3-5-10-13(14)15-11-12-8-6-4-7-9-12/h4,6-9H,2-3,5,10-11H2,1H3/i6D. The summed E-state index contributed by atoms with van der Waals surface area (Å²) in [6.07, 6.45) is 3.56. The van der Waals surface area contributed by atoms with Gasteiger partial charge < -0.3 is 4.74 Å². The first-order chi connectivity index (χ1) is 7.72. The molecule has 0 unspecified atom stereocenters. The average Bonchev–Trinajstić information content (AvgIpc) is 2.27. The van der Waals surface area contributed by atoms with Crippen LogP contribution in [0.3, 0.4) is 0 Å². The lowest BCUT2D eigenvalue weighted by molar-refractivity contribution is -0.145. The van der Waals surface area contributed by atoms with E-state index < -0.39 is 0 Å². The molecule has 0 fully saturated rings. The van der Waals surface area contributed by atoms with Crippen LogP contribution in [0.25, 0.3) is 0 Å². The Morgan fingerprint density at radius 3 is 3.00 bits per heavy atom. The zero-order valence-electron chi connectivity index (χ0n) is 10.2. The molecular weight excluding hydrogens is 188 g/mol. The van der Waals surface area contributed by atoms with Crippen LogP contribution in [0, 0.1) is 0 Å².